The van der Waals surface area contributed by atoms with Gasteiger partial charge in [0.2, 0.25) is 5.91 Å². The van der Waals surface area contributed by atoms with Crippen LogP contribution >= 0.6 is 0 Å². The van der Waals surface area contributed by atoms with Gasteiger partial charge in [-0.2, -0.15) is 5.10 Å². The van der Waals surface area contributed by atoms with Crippen LogP contribution in [0, 0.1) is 0 Å². The molecule has 2 aliphatic rings. The van der Waals surface area contributed by atoms with Crippen LogP contribution in [0.2, 0.25) is 0 Å². The molecule has 1 aromatic heterocycles. The van der Waals surface area contributed by atoms with Crippen molar-refractivity contribution in [3.05, 3.63) is 53.4 Å². The molecule has 0 aliphatic carbocycles. The van der Waals surface area contributed by atoms with Gasteiger partial charge in [0.05, 0.1) is 17.4 Å². The summed E-state index contributed by atoms with van der Waals surface area (Å²) in [4.78, 5) is 14.1. The quantitative estimate of drug-likeness (QED) is 0.803. The number of benzene rings is 1. The van der Waals surface area contributed by atoms with E-state index in [9.17, 15) is 9.90 Å². The van der Waals surface area contributed by atoms with Crippen LogP contribution in [0.4, 0.5) is 0 Å². The molecule has 1 aromatic carbocycles. The van der Waals surface area contributed by atoms with Crippen molar-refractivity contribution in [3.8, 4) is 11.4 Å². The van der Waals surface area contributed by atoms with Crippen LogP contribution in [0.15, 0.2) is 30.9 Å². The lowest BCUT2D eigenvalue weighted by atomic mass is 9.95. The van der Waals surface area contributed by atoms with E-state index < -0.39 is 0 Å². The second-order valence-electron chi connectivity index (χ2n) is 8.17. The second-order valence-corrected chi connectivity index (χ2v) is 8.17. The highest BCUT2D eigenvalue weighted by atomic mass is 16.3. The van der Waals surface area contributed by atoms with E-state index in [0.717, 1.165) is 35.6 Å². The molecule has 4 rings (SSSR count). The first-order valence-electron chi connectivity index (χ1n) is 10.00. The Kier molecular flexibility index (Phi) is 4.75. The third kappa shape index (κ3) is 3.02. The number of nitrogens with zero attached hydrogens (tertiary/aromatic N) is 3. The molecule has 0 saturated carbocycles. The third-order valence-electron chi connectivity index (χ3n) is 5.90. The minimum absolute atomic E-state index is 0.0410. The first-order chi connectivity index (χ1) is 13.4. The molecule has 148 valence electrons. The molecule has 6 nitrogen and oxygen atoms in total. The fourth-order valence-corrected chi connectivity index (χ4v) is 4.39. The molecule has 2 atom stereocenters. The zero-order valence-electron chi connectivity index (χ0n) is 16.8. The van der Waals surface area contributed by atoms with Gasteiger partial charge in [0.1, 0.15) is 11.4 Å². The standard InChI is InChI=1S/C22H28N4O2/c1-5-20(28)25-11-14(4)22-21-16(12-25)23-9-8-18(21)26(24-22)17-7-6-15(13(2)3)10-19(17)27/h5-7,10,13-14,16,23,27H,1,8-9,11-12H2,2-4H3/t14-,16-/m0/s1. The summed E-state index contributed by atoms with van der Waals surface area (Å²) in [6.07, 6.45) is 2.22. The fourth-order valence-electron chi connectivity index (χ4n) is 4.39. The van der Waals surface area contributed by atoms with E-state index in [4.69, 9.17) is 5.10 Å². The molecule has 2 aromatic rings. The highest BCUT2D eigenvalue weighted by molar-refractivity contribution is 5.87. The van der Waals surface area contributed by atoms with Crippen molar-refractivity contribution in [1.29, 1.82) is 0 Å². The minimum atomic E-state index is -0.0410. The number of hydrogen-bond donors (Lipinski definition) is 2. The highest BCUT2D eigenvalue weighted by Crippen LogP contribution is 2.37. The molecule has 2 aliphatic heterocycles. The molecule has 0 bridgehead atoms. The van der Waals surface area contributed by atoms with Crippen molar-refractivity contribution in [2.75, 3.05) is 19.6 Å². The zero-order valence-corrected chi connectivity index (χ0v) is 16.8. The van der Waals surface area contributed by atoms with Crippen molar-refractivity contribution < 1.29 is 9.90 Å². The average Bonchev–Trinajstić information content (AvgIpc) is 3.00. The largest absolute Gasteiger partial charge is 0.506 e. The molecule has 2 N–H and O–H groups in total. The topological polar surface area (TPSA) is 70.4 Å². The molecule has 0 fully saturated rings. The molecule has 6 heteroatoms. The Morgan fingerprint density at radius 1 is 1.39 bits per heavy atom. The first-order valence-corrected chi connectivity index (χ1v) is 10.00. The van der Waals surface area contributed by atoms with Gasteiger partial charge < -0.3 is 15.3 Å². The van der Waals surface area contributed by atoms with E-state index in [2.05, 4.69) is 38.7 Å². The second kappa shape index (κ2) is 7.09. The van der Waals surface area contributed by atoms with Gasteiger partial charge in [-0.1, -0.05) is 33.4 Å². The Bertz CT molecular complexity index is 931. The number of phenols is 1. The molecule has 0 spiro atoms. The lowest BCUT2D eigenvalue weighted by Crippen LogP contribution is -2.40. The summed E-state index contributed by atoms with van der Waals surface area (Å²) in [6.45, 7) is 12.0. The van der Waals surface area contributed by atoms with Crippen molar-refractivity contribution in [1.82, 2.24) is 20.0 Å². The van der Waals surface area contributed by atoms with Gasteiger partial charge in [-0.25, -0.2) is 4.68 Å². The van der Waals surface area contributed by atoms with Crippen LogP contribution in [0.1, 0.15) is 61.2 Å². The first kappa shape index (κ1) is 18.7. The molecular weight excluding hydrogens is 352 g/mol. The molecule has 0 radical (unpaired) electrons. The predicted octanol–water partition coefficient (Wildman–Crippen LogP) is 3.02. The minimum Gasteiger partial charge on any atom is -0.506 e. The Morgan fingerprint density at radius 3 is 2.86 bits per heavy atom. The zero-order chi connectivity index (χ0) is 20.0. The molecule has 3 heterocycles. The van der Waals surface area contributed by atoms with E-state index >= 15 is 0 Å². The lowest BCUT2D eigenvalue weighted by molar-refractivity contribution is -0.126. The monoisotopic (exact) mass is 380 g/mol. The van der Waals surface area contributed by atoms with Gasteiger partial charge in [0, 0.05) is 37.5 Å². The van der Waals surface area contributed by atoms with Crippen LogP contribution in [-0.4, -0.2) is 45.3 Å². The number of aromatic hydroxyl groups is 1. The summed E-state index contributed by atoms with van der Waals surface area (Å²) >= 11 is 0. The van der Waals surface area contributed by atoms with Crippen LogP contribution in [0.3, 0.4) is 0 Å². The summed E-state index contributed by atoms with van der Waals surface area (Å²) in [5.41, 5.74) is 5.16. The number of nitrogens with one attached hydrogen (secondary N) is 1. The molecular formula is C22H28N4O2. The van der Waals surface area contributed by atoms with Gasteiger partial charge in [0.25, 0.3) is 0 Å². The average molecular weight is 380 g/mol. The smallest absolute Gasteiger partial charge is 0.246 e. The Balaban J connectivity index is 1.80. The normalized spacial score (nSPS) is 21.4. The van der Waals surface area contributed by atoms with E-state index in [1.165, 1.54) is 11.6 Å². The Morgan fingerprint density at radius 2 is 2.18 bits per heavy atom. The summed E-state index contributed by atoms with van der Waals surface area (Å²) in [7, 11) is 0. The number of hydrogen-bond acceptors (Lipinski definition) is 4. The summed E-state index contributed by atoms with van der Waals surface area (Å²) in [5, 5.41) is 19.2. The van der Waals surface area contributed by atoms with Crippen LogP contribution < -0.4 is 5.32 Å². The molecule has 1 amide bonds. The highest BCUT2D eigenvalue weighted by Gasteiger charge is 2.36. The number of phenolic OH excluding ortho intramolecular Hbond substituents is 1. The lowest BCUT2D eigenvalue weighted by Gasteiger charge is -2.29. The Hall–Kier alpha value is -2.60. The predicted molar refractivity (Wildman–Crippen MR) is 109 cm³/mol. The van der Waals surface area contributed by atoms with Gasteiger partial charge >= 0.3 is 0 Å². The maximum atomic E-state index is 12.2. The van der Waals surface area contributed by atoms with E-state index in [1.807, 2.05) is 21.7 Å². The number of rotatable bonds is 3. The van der Waals surface area contributed by atoms with Gasteiger partial charge in [-0.3, -0.25) is 4.79 Å². The van der Waals surface area contributed by atoms with E-state index in [0.29, 0.717) is 19.0 Å². The van der Waals surface area contributed by atoms with Crippen LogP contribution in [0.25, 0.3) is 5.69 Å². The SMILES string of the molecule is C=CC(=O)N1C[C@@H]2NCCc3c2c(nn3-c2ccc(C(C)C)cc2O)[C@@H](C)C1. The van der Waals surface area contributed by atoms with E-state index in [-0.39, 0.29) is 23.6 Å². The third-order valence-corrected chi connectivity index (χ3v) is 5.90. The summed E-state index contributed by atoms with van der Waals surface area (Å²) in [5.74, 6) is 0.683. The van der Waals surface area contributed by atoms with Crippen molar-refractivity contribution >= 4 is 5.91 Å². The van der Waals surface area contributed by atoms with Crippen LogP contribution in [-0.2, 0) is 11.2 Å². The van der Waals surface area contributed by atoms with Gasteiger partial charge in [0.15, 0.2) is 0 Å². The Labute approximate surface area is 165 Å². The number of carbonyl (C=O) groups is 1. The van der Waals surface area contributed by atoms with Crippen molar-refractivity contribution in [2.45, 2.75) is 45.1 Å². The maximum Gasteiger partial charge on any atom is 0.246 e. The van der Waals surface area contributed by atoms with Gasteiger partial charge in [-0.05, 0) is 29.7 Å². The molecule has 28 heavy (non-hydrogen) atoms. The molecule has 0 saturated heterocycles. The van der Waals surface area contributed by atoms with Crippen molar-refractivity contribution in [3.63, 3.8) is 0 Å². The summed E-state index contributed by atoms with van der Waals surface area (Å²) < 4.78 is 1.92. The summed E-state index contributed by atoms with van der Waals surface area (Å²) in [6, 6.07) is 5.92. The maximum absolute atomic E-state index is 12.2. The van der Waals surface area contributed by atoms with Crippen LogP contribution in [0.5, 0.6) is 5.75 Å². The van der Waals surface area contributed by atoms with Crippen molar-refractivity contribution in [2.24, 2.45) is 0 Å². The number of amides is 1. The molecule has 0 unspecified atom stereocenters. The number of carbonyl (C=O) groups excluding carboxylic acids is 1. The van der Waals surface area contributed by atoms with E-state index in [1.54, 1.807) is 0 Å². The van der Waals surface area contributed by atoms with Gasteiger partial charge in [-0.15, -0.1) is 0 Å². The fraction of sp³-hybridized carbons (Fsp3) is 0.455. The number of aromatic nitrogens is 2.